The zero-order chi connectivity index (χ0) is 7.98. The number of carbonyl (C=O) groups is 1. The molecule has 4 nitrogen and oxygen atoms in total. The molecule has 0 aliphatic carbocycles. The summed E-state index contributed by atoms with van der Waals surface area (Å²) in [5.41, 5.74) is 0. The van der Waals surface area contributed by atoms with Crippen LogP contribution in [0.15, 0.2) is 12.4 Å². The maximum absolute atomic E-state index is 9.00. The summed E-state index contributed by atoms with van der Waals surface area (Å²) in [7, 11) is 0. The monoisotopic (exact) mass is 142 g/mol. The molecule has 0 saturated heterocycles. The Morgan fingerprint density at radius 3 is 2.40 bits per heavy atom. The fourth-order valence-corrected chi connectivity index (χ4v) is 0.344. The van der Waals surface area contributed by atoms with E-state index in [0.717, 1.165) is 12.7 Å². The Balaban J connectivity index is 0.000000180. The molecular weight excluding hydrogens is 132 g/mol. The Morgan fingerprint density at radius 2 is 2.30 bits per heavy atom. The highest BCUT2D eigenvalue weighted by atomic mass is 16.4. The molecule has 0 aromatic carbocycles. The second-order valence-corrected chi connectivity index (χ2v) is 1.69. The van der Waals surface area contributed by atoms with Gasteiger partial charge in [0.2, 0.25) is 0 Å². The lowest BCUT2D eigenvalue weighted by Crippen LogP contribution is -1.78. The van der Waals surface area contributed by atoms with Crippen molar-refractivity contribution in [3.05, 3.63) is 18.2 Å². The van der Waals surface area contributed by atoms with Crippen LogP contribution >= 0.6 is 0 Å². The molecule has 0 amide bonds. The van der Waals surface area contributed by atoms with E-state index in [0.29, 0.717) is 0 Å². The molecule has 10 heavy (non-hydrogen) atoms. The number of imidazole rings is 1. The minimum atomic E-state index is -0.833. The highest BCUT2D eigenvalue weighted by Gasteiger charge is 1.73. The van der Waals surface area contributed by atoms with Crippen LogP contribution in [0.1, 0.15) is 12.7 Å². The number of aromatic amines is 1. The fraction of sp³-hybridized carbons (Fsp3) is 0.333. The van der Waals surface area contributed by atoms with Crippen LogP contribution in [0.3, 0.4) is 0 Å². The molecular formula is C6H10N2O2. The van der Waals surface area contributed by atoms with Gasteiger partial charge in [0, 0.05) is 19.3 Å². The van der Waals surface area contributed by atoms with E-state index < -0.39 is 5.97 Å². The molecule has 1 aromatic rings. The average molecular weight is 142 g/mol. The highest BCUT2D eigenvalue weighted by molar-refractivity contribution is 5.62. The SMILES string of the molecule is CC(=O)O.Cc1ncc[nH]1. The third kappa shape index (κ3) is 6.68. The molecule has 0 fully saturated rings. The molecule has 1 heterocycles. The number of carboxylic acids is 1. The van der Waals surface area contributed by atoms with Crippen LogP contribution in [0.4, 0.5) is 0 Å². The van der Waals surface area contributed by atoms with Crippen molar-refractivity contribution in [1.29, 1.82) is 0 Å². The Kier molecular flexibility index (Phi) is 3.95. The summed E-state index contributed by atoms with van der Waals surface area (Å²) in [6.45, 7) is 3.00. The zero-order valence-electron chi connectivity index (χ0n) is 5.96. The van der Waals surface area contributed by atoms with Gasteiger partial charge in [-0.3, -0.25) is 4.79 Å². The van der Waals surface area contributed by atoms with Gasteiger partial charge in [-0.25, -0.2) is 4.98 Å². The van der Waals surface area contributed by atoms with Gasteiger partial charge >= 0.3 is 0 Å². The highest BCUT2D eigenvalue weighted by Crippen LogP contribution is 1.78. The van der Waals surface area contributed by atoms with Gasteiger partial charge in [-0.2, -0.15) is 0 Å². The Morgan fingerprint density at radius 1 is 1.80 bits per heavy atom. The predicted octanol–water partition coefficient (Wildman–Crippen LogP) is 0.809. The molecule has 1 aromatic heterocycles. The van der Waals surface area contributed by atoms with Crippen molar-refractivity contribution in [3.63, 3.8) is 0 Å². The Hall–Kier alpha value is -1.32. The number of hydrogen-bond donors (Lipinski definition) is 2. The normalized spacial score (nSPS) is 7.80. The average Bonchev–Trinajstić information content (AvgIpc) is 2.15. The second-order valence-electron chi connectivity index (χ2n) is 1.69. The van der Waals surface area contributed by atoms with Gasteiger partial charge < -0.3 is 10.1 Å². The van der Waals surface area contributed by atoms with Crippen molar-refractivity contribution in [2.45, 2.75) is 13.8 Å². The quantitative estimate of drug-likeness (QED) is 0.563. The molecule has 0 aliphatic heterocycles. The number of hydrogen-bond acceptors (Lipinski definition) is 2. The molecule has 0 saturated carbocycles. The summed E-state index contributed by atoms with van der Waals surface area (Å²) in [4.78, 5) is 15.8. The molecule has 0 unspecified atom stereocenters. The molecule has 56 valence electrons. The van der Waals surface area contributed by atoms with Crippen molar-refractivity contribution >= 4 is 5.97 Å². The summed E-state index contributed by atoms with van der Waals surface area (Å²) in [5, 5.41) is 7.42. The summed E-state index contributed by atoms with van der Waals surface area (Å²) >= 11 is 0. The van der Waals surface area contributed by atoms with Crippen LogP contribution in [-0.2, 0) is 4.79 Å². The van der Waals surface area contributed by atoms with Gasteiger partial charge in [0.1, 0.15) is 5.82 Å². The number of nitrogens with zero attached hydrogens (tertiary/aromatic N) is 1. The smallest absolute Gasteiger partial charge is 0.300 e. The van der Waals surface area contributed by atoms with Crippen LogP contribution in [0.5, 0.6) is 0 Å². The fourth-order valence-electron chi connectivity index (χ4n) is 0.344. The van der Waals surface area contributed by atoms with E-state index in [4.69, 9.17) is 9.90 Å². The summed E-state index contributed by atoms with van der Waals surface area (Å²) < 4.78 is 0. The van der Waals surface area contributed by atoms with E-state index in [1.165, 1.54) is 0 Å². The molecule has 0 atom stereocenters. The topological polar surface area (TPSA) is 66.0 Å². The van der Waals surface area contributed by atoms with Crippen LogP contribution in [-0.4, -0.2) is 21.0 Å². The molecule has 0 bridgehead atoms. The first-order valence-electron chi connectivity index (χ1n) is 2.78. The lowest BCUT2D eigenvalue weighted by atomic mass is 10.8. The Bertz CT molecular complexity index is 178. The maximum atomic E-state index is 9.00. The standard InChI is InChI=1S/C4H6N2.C2H4O2/c1-4-5-2-3-6-4;1-2(3)4/h2-3H,1H3,(H,5,6);1H3,(H,3,4). The van der Waals surface area contributed by atoms with Crippen molar-refractivity contribution in [2.75, 3.05) is 0 Å². The third-order valence-electron chi connectivity index (χ3n) is 0.635. The van der Waals surface area contributed by atoms with Gasteiger partial charge in [0.05, 0.1) is 0 Å². The van der Waals surface area contributed by atoms with E-state index in [1.54, 1.807) is 12.4 Å². The molecule has 0 aliphatic rings. The number of nitrogens with one attached hydrogen (secondary N) is 1. The molecule has 0 spiro atoms. The first-order valence-corrected chi connectivity index (χ1v) is 2.78. The maximum Gasteiger partial charge on any atom is 0.300 e. The zero-order valence-corrected chi connectivity index (χ0v) is 5.96. The first-order chi connectivity index (χ1) is 4.63. The first kappa shape index (κ1) is 8.68. The summed E-state index contributed by atoms with van der Waals surface area (Å²) in [5.74, 6) is 0.134. The van der Waals surface area contributed by atoms with E-state index in [9.17, 15) is 0 Å². The predicted molar refractivity (Wildman–Crippen MR) is 36.6 cm³/mol. The lowest BCUT2D eigenvalue weighted by Gasteiger charge is -1.68. The van der Waals surface area contributed by atoms with Crippen LogP contribution in [0.25, 0.3) is 0 Å². The molecule has 0 radical (unpaired) electrons. The van der Waals surface area contributed by atoms with Crippen LogP contribution in [0.2, 0.25) is 0 Å². The minimum Gasteiger partial charge on any atom is -0.481 e. The van der Waals surface area contributed by atoms with Crippen molar-refractivity contribution < 1.29 is 9.90 Å². The van der Waals surface area contributed by atoms with Crippen molar-refractivity contribution in [3.8, 4) is 0 Å². The number of aromatic nitrogens is 2. The summed E-state index contributed by atoms with van der Waals surface area (Å²) in [6.07, 6.45) is 3.53. The van der Waals surface area contributed by atoms with Gasteiger partial charge in [-0.1, -0.05) is 0 Å². The van der Waals surface area contributed by atoms with E-state index in [2.05, 4.69) is 9.97 Å². The van der Waals surface area contributed by atoms with E-state index >= 15 is 0 Å². The molecule has 4 heteroatoms. The number of rotatable bonds is 0. The van der Waals surface area contributed by atoms with Gasteiger partial charge in [0.15, 0.2) is 0 Å². The molecule has 1 rings (SSSR count). The molecule has 2 N–H and O–H groups in total. The van der Waals surface area contributed by atoms with Crippen molar-refractivity contribution in [2.24, 2.45) is 0 Å². The van der Waals surface area contributed by atoms with Crippen LogP contribution in [0, 0.1) is 6.92 Å². The number of aryl methyl sites for hydroxylation is 1. The third-order valence-corrected chi connectivity index (χ3v) is 0.635. The van der Waals surface area contributed by atoms with Crippen molar-refractivity contribution in [1.82, 2.24) is 9.97 Å². The lowest BCUT2D eigenvalue weighted by molar-refractivity contribution is -0.134. The summed E-state index contributed by atoms with van der Waals surface area (Å²) in [6, 6.07) is 0. The van der Waals surface area contributed by atoms with E-state index in [-0.39, 0.29) is 0 Å². The van der Waals surface area contributed by atoms with Gasteiger partial charge in [-0.15, -0.1) is 0 Å². The van der Waals surface area contributed by atoms with Gasteiger partial charge in [0.25, 0.3) is 5.97 Å². The second kappa shape index (κ2) is 4.55. The van der Waals surface area contributed by atoms with Gasteiger partial charge in [-0.05, 0) is 6.92 Å². The largest absolute Gasteiger partial charge is 0.481 e. The number of H-pyrrole nitrogens is 1. The number of carboxylic acid groups (broad SMARTS) is 1. The number of aliphatic carboxylic acids is 1. The van der Waals surface area contributed by atoms with Crippen LogP contribution < -0.4 is 0 Å². The minimum absolute atomic E-state index is 0.833. The van der Waals surface area contributed by atoms with E-state index in [1.807, 2.05) is 6.92 Å². The Labute approximate surface area is 58.9 Å².